The van der Waals surface area contributed by atoms with Crippen molar-refractivity contribution in [2.75, 3.05) is 13.7 Å². The zero-order valence-electron chi connectivity index (χ0n) is 10.9. The van der Waals surface area contributed by atoms with Crippen molar-refractivity contribution < 1.29 is 13.9 Å². The van der Waals surface area contributed by atoms with E-state index in [1.165, 1.54) is 13.2 Å². The number of rotatable bonds is 4. The van der Waals surface area contributed by atoms with Crippen LogP contribution in [-0.4, -0.2) is 24.6 Å². The van der Waals surface area contributed by atoms with Crippen molar-refractivity contribution in [3.63, 3.8) is 0 Å². The number of carbonyl (C=O) groups is 1. The molecule has 0 unspecified atom stereocenters. The molecule has 0 saturated heterocycles. The maximum Gasteiger partial charge on any atom is 0.337 e. The lowest BCUT2D eigenvalue weighted by molar-refractivity contribution is 0.0600. The van der Waals surface area contributed by atoms with E-state index >= 15 is 0 Å². The van der Waals surface area contributed by atoms with Gasteiger partial charge in [0.2, 0.25) is 0 Å². The summed E-state index contributed by atoms with van der Waals surface area (Å²) < 4.78 is 18.2. The molecular weight excluding hydrogens is 249 g/mol. The van der Waals surface area contributed by atoms with Gasteiger partial charge in [-0.2, -0.15) is 0 Å². The zero-order chi connectivity index (χ0) is 13.8. The molecular formula is C13H16FN3O2. The molecule has 0 radical (unpaired) electrons. The predicted octanol–water partition coefficient (Wildman–Crippen LogP) is 1.65. The molecule has 0 aromatic heterocycles. The number of nitrogens with zero attached hydrogens (tertiary/aromatic N) is 1. The summed E-state index contributed by atoms with van der Waals surface area (Å²) in [5.41, 5.74) is 7.40. The van der Waals surface area contributed by atoms with Crippen LogP contribution in [-0.2, 0) is 4.74 Å². The van der Waals surface area contributed by atoms with Crippen LogP contribution in [0.3, 0.4) is 0 Å². The molecule has 6 heteroatoms. The zero-order valence-corrected chi connectivity index (χ0v) is 10.9. The third kappa shape index (κ3) is 2.85. The van der Waals surface area contributed by atoms with E-state index in [-0.39, 0.29) is 5.56 Å². The number of methoxy groups -OCH3 is 1. The summed E-state index contributed by atoms with van der Waals surface area (Å²) in [4.78, 5) is 11.5. The normalized spacial score (nSPS) is 14.1. The van der Waals surface area contributed by atoms with E-state index in [0.29, 0.717) is 5.56 Å². The number of hydrazine groups is 2. The van der Waals surface area contributed by atoms with Gasteiger partial charge < -0.3 is 10.2 Å². The molecule has 1 heterocycles. The summed E-state index contributed by atoms with van der Waals surface area (Å²) in [6, 6.07) is 4.16. The molecule has 1 aliphatic heterocycles. The van der Waals surface area contributed by atoms with Gasteiger partial charge in [-0.05, 0) is 24.6 Å². The molecule has 19 heavy (non-hydrogen) atoms. The maximum atomic E-state index is 13.6. The van der Waals surface area contributed by atoms with Gasteiger partial charge in [0.15, 0.2) is 0 Å². The van der Waals surface area contributed by atoms with Gasteiger partial charge >= 0.3 is 5.97 Å². The molecule has 2 rings (SSSR count). The third-order valence-electron chi connectivity index (χ3n) is 2.76. The van der Waals surface area contributed by atoms with Crippen molar-refractivity contribution in [1.29, 1.82) is 0 Å². The lowest BCUT2D eigenvalue weighted by Gasteiger charge is -2.20. The standard InChI is InChI=1S/C13H16FN3O2/c1-3-4-17-12(8-15-16-17)9-5-10(13(18)19-2)7-11(14)6-9/h5-8,15-16H,3-4H2,1-2H3. The molecule has 5 nitrogen and oxygen atoms in total. The van der Waals surface area contributed by atoms with E-state index in [0.717, 1.165) is 24.7 Å². The predicted molar refractivity (Wildman–Crippen MR) is 69.0 cm³/mol. The largest absolute Gasteiger partial charge is 0.465 e. The molecule has 1 aliphatic rings. The number of nitrogens with one attached hydrogen (secondary N) is 2. The quantitative estimate of drug-likeness (QED) is 0.811. The second-order valence-corrected chi connectivity index (χ2v) is 4.16. The SMILES string of the molecule is CCCN1NNC=C1c1cc(F)cc(C(=O)OC)c1. The monoisotopic (exact) mass is 265 g/mol. The van der Waals surface area contributed by atoms with E-state index in [9.17, 15) is 9.18 Å². The number of hydrogen-bond acceptors (Lipinski definition) is 5. The van der Waals surface area contributed by atoms with Gasteiger partial charge in [-0.15, -0.1) is 5.53 Å². The van der Waals surface area contributed by atoms with Crippen molar-refractivity contribution in [3.05, 3.63) is 41.3 Å². The summed E-state index contributed by atoms with van der Waals surface area (Å²) in [5, 5.41) is 1.86. The topological polar surface area (TPSA) is 53.6 Å². The highest BCUT2D eigenvalue weighted by Gasteiger charge is 2.18. The average Bonchev–Trinajstić information content (AvgIpc) is 2.86. The minimum absolute atomic E-state index is 0.196. The number of ether oxygens (including phenoxy) is 1. The van der Waals surface area contributed by atoms with Crippen LogP contribution in [0.4, 0.5) is 4.39 Å². The number of hydrogen-bond donors (Lipinski definition) is 2. The summed E-state index contributed by atoms with van der Waals surface area (Å²) in [7, 11) is 1.27. The number of benzene rings is 1. The van der Waals surface area contributed by atoms with Crippen LogP contribution in [0.5, 0.6) is 0 Å². The highest BCUT2D eigenvalue weighted by atomic mass is 19.1. The van der Waals surface area contributed by atoms with Crippen LogP contribution < -0.4 is 11.0 Å². The maximum absolute atomic E-state index is 13.6. The molecule has 1 aromatic rings. The summed E-state index contributed by atoms with van der Waals surface area (Å²) in [6.07, 6.45) is 2.66. The first-order chi connectivity index (χ1) is 9.15. The van der Waals surface area contributed by atoms with E-state index in [1.54, 1.807) is 12.3 Å². The van der Waals surface area contributed by atoms with Gasteiger partial charge in [-0.1, -0.05) is 6.92 Å². The third-order valence-corrected chi connectivity index (χ3v) is 2.76. The summed E-state index contributed by atoms with van der Waals surface area (Å²) >= 11 is 0. The van der Waals surface area contributed by atoms with Crippen molar-refractivity contribution in [3.8, 4) is 0 Å². The fraction of sp³-hybridized carbons (Fsp3) is 0.308. The van der Waals surface area contributed by atoms with Gasteiger partial charge in [0.1, 0.15) is 5.82 Å². The molecule has 0 saturated carbocycles. The van der Waals surface area contributed by atoms with Crippen LogP contribution in [0.25, 0.3) is 5.70 Å². The summed E-state index contributed by atoms with van der Waals surface area (Å²) in [5.74, 6) is -1.02. The number of esters is 1. The first-order valence-corrected chi connectivity index (χ1v) is 6.04. The Morgan fingerprint density at radius 2 is 2.21 bits per heavy atom. The van der Waals surface area contributed by atoms with Crippen LogP contribution >= 0.6 is 0 Å². The summed E-state index contributed by atoms with van der Waals surface area (Å²) in [6.45, 7) is 2.81. The average molecular weight is 265 g/mol. The van der Waals surface area contributed by atoms with Crippen LogP contribution in [0.15, 0.2) is 24.4 Å². The smallest absolute Gasteiger partial charge is 0.337 e. The minimum atomic E-state index is -0.553. The van der Waals surface area contributed by atoms with Gasteiger partial charge in [0.25, 0.3) is 0 Å². The first-order valence-electron chi connectivity index (χ1n) is 6.04. The van der Waals surface area contributed by atoms with E-state index in [2.05, 4.69) is 15.7 Å². The van der Waals surface area contributed by atoms with Gasteiger partial charge in [-0.25, -0.2) is 9.18 Å². The highest BCUT2D eigenvalue weighted by molar-refractivity contribution is 5.90. The Kier molecular flexibility index (Phi) is 4.01. The fourth-order valence-corrected chi connectivity index (χ4v) is 1.93. The van der Waals surface area contributed by atoms with Crippen LogP contribution in [0.2, 0.25) is 0 Å². The van der Waals surface area contributed by atoms with Gasteiger partial charge in [0.05, 0.1) is 18.4 Å². The van der Waals surface area contributed by atoms with Crippen molar-refractivity contribution in [1.82, 2.24) is 16.0 Å². The number of halogens is 1. The Morgan fingerprint density at radius 1 is 1.42 bits per heavy atom. The number of carbonyl (C=O) groups excluding carboxylic acids is 1. The lowest BCUT2D eigenvalue weighted by Crippen LogP contribution is -2.37. The molecule has 0 atom stereocenters. The van der Waals surface area contributed by atoms with Gasteiger partial charge in [-0.3, -0.25) is 5.01 Å². The Balaban J connectivity index is 2.34. The van der Waals surface area contributed by atoms with E-state index in [1.807, 2.05) is 11.9 Å². The molecule has 0 aliphatic carbocycles. The minimum Gasteiger partial charge on any atom is -0.465 e. The first kappa shape index (κ1) is 13.4. The molecule has 0 bridgehead atoms. The van der Waals surface area contributed by atoms with Crippen molar-refractivity contribution in [2.45, 2.75) is 13.3 Å². The molecule has 102 valence electrons. The lowest BCUT2D eigenvalue weighted by atomic mass is 10.1. The Hall–Kier alpha value is -2.08. The van der Waals surface area contributed by atoms with Crippen molar-refractivity contribution >= 4 is 11.7 Å². The second-order valence-electron chi connectivity index (χ2n) is 4.16. The van der Waals surface area contributed by atoms with E-state index in [4.69, 9.17) is 0 Å². The van der Waals surface area contributed by atoms with E-state index < -0.39 is 11.8 Å². The Morgan fingerprint density at radius 3 is 2.89 bits per heavy atom. The second kappa shape index (κ2) is 5.71. The van der Waals surface area contributed by atoms with Gasteiger partial charge in [0, 0.05) is 18.3 Å². The Bertz CT molecular complexity index is 517. The molecule has 0 spiro atoms. The molecule has 2 N–H and O–H groups in total. The molecule has 0 fully saturated rings. The fourth-order valence-electron chi connectivity index (χ4n) is 1.93. The molecule has 0 amide bonds. The van der Waals surface area contributed by atoms with Crippen LogP contribution in [0.1, 0.15) is 29.3 Å². The van der Waals surface area contributed by atoms with Crippen molar-refractivity contribution in [2.24, 2.45) is 0 Å². The van der Waals surface area contributed by atoms with Crippen LogP contribution in [0, 0.1) is 5.82 Å². The Labute approximate surface area is 111 Å². The highest BCUT2D eigenvalue weighted by Crippen LogP contribution is 2.22. The molecule has 1 aromatic carbocycles.